The van der Waals surface area contributed by atoms with E-state index in [9.17, 15) is 18.0 Å². The van der Waals surface area contributed by atoms with Crippen molar-refractivity contribution in [2.45, 2.75) is 23.7 Å². The van der Waals surface area contributed by atoms with Crippen LogP contribution in [0.4, 0.5) is 24.9 Å². The number of benzene rings is 1. The first-order valence-electron chi connectivity index (χ1n) is 12.8. The minimum atomic E-state index is -4.41. The van der Waals surface area contributed by atoms with Crippen LogP contribution in [-0.2, 0) is 6.18 Å². The second-order valence-corrected chi connectivity index (χ2v) is 13.6. The van der Waals surface area contributed by atoms with Crippen molar-refractivity contribution < 1.29 is 13.2 Å². The Labute approximate surface area is 233 Å². The fourth-order valence-electron chi connectivity index (χ4n) is 4.87. The summed E-state index contributed by atoms with van der Waals surface area (Å²) in [7, 11) is 0. The molecule has 3 aromatic heterocycles. The van der Waals surface area contributed by atoms with Gasteiger partial charge in [0.2, 0.25) is 0 Å². The molecule has 39 heavy (non-hydrogen) atoms. The predicted octanol–water partition coefficient (Wildman–Crippen LogP) is 3.29. The van der Waals surface area contributed by atoms with Gasteiger partial charge in [0.15, 0.2) is 0 Å². The molecule has 1 aromatic carbocycles. The Morgan fingerprint density at radius 2 is 1.82 bits per heavy atom. The van der Waals surface area contributed by atoms with Gasteiger partial charge >= 0.3 is 221 Å². The van der Waals surface area contributed by atoms with E-state index in [-0.39, 0.29) is 21.3 Å². The summed E-state index contributed by atoms with van der Waals surface area (Å²) in [5.41, 5.74) is 0.511. The average molecular weight is 617 g/mol. The number of aromatic nitrogens is 4. The summed E-state index contributed by atoms with van der Waals surface area (Å²) in [6, 6.07) is 10.3. The molecule has 0 unspecified atom stereocenters. The van der Waals surface area contributed by atoms with Crippen LogP contribution in [0.3, 0.4) is 0 Å². The monoisotopic (exact) mass is 616 g/mol. The normalized spacial score (nSPS) is 18.9. The van der Waals surface area contributed by atoms with Crippen molar-refractivity contribution in [3.05, 3.63) is 58.5 Å². The summed E-state index contributed by atoms with van der Waals surface area (Å²) in [6.07, 6.45) is -1.30. The van der Waals surface area contributed by atoms with Gasteiger partial charge in [-0.25, -0.2) is 0 Å². The van der Waals surface area contributed by atoms with E-state index in [1.54, 1.807) is 0 Å². The van der Waals surface area contributed by atoms with Crippen LogP contribution < -0.4 is 25.2 Å². The zero-order chi connectivity index (χ0) is 27.0. The van der Waals surface area contributed by atoms with E-state index in [1.165, 1.54) is 17.4 Å². The van der Waals surface area contributed by atoms with E-state index in [2.05, 4.69) is 15.3 Å². The molecule has 6 rings (SSSR count). The summed E-state index contributed by atoms with van der Waals surface area (Å²) in [6.45, 7) is 4.19. The number of fused-ring (bicyclic) bond motifs is 1. The second-order valence-electron chi connectivity index (χ2n) is 9.58. The number of thiazole rings is 1. The summed E-state index contributed by atoms with van der Waals surface area (Å²) in [4.78, 5) is 34.4. The SMILES string of the molecule is O=c1[nH]c(N2CCN(c3ccc(C(F)(F)F)cn3)CC2)nc([As][C@@H]2CCCNC2)c1-c1nc2ccccc2s1. The third-order valence-corrected chi connectivity index (χ3v) is 10.9. The van der Waals surface area contributed by atoms with E-state index in [0.717, 1.165) is 52.9 Å². The van der Waals surface area contributed by atoms with Crippen molar-refractivity contribution in [2.24, 2.45) is 0 Å². The summed E-state index contributed by atoms with van der Waals surface area (Å²) in [5, 5.41) is 4.17. The molecule has 2 saturated heterocycles. The number of anilines is 2. The van der Waals surface area contributed by atoms with Crippen LogP contribution in [-0.4, -0.2) is 75.0 Å². The van der Waals surface area contributed by atoms with Crippen molar-refractivity contribution >= 4 is 53.6 Å². The molecule has 13 heteroatoms. The number of hydrogen-bond donors (Lipinski definition) is 2. The molecule has 8 nitrogen and oxygen atoms in total. The van der Waals surface area contributed by atoms with Crippen LogP contribution in [0.25, 0.3) is 20.8 Å². The van der Waals surface area contributed by atoms with Crippen molar-refractivity contribution in [2.75, 3.05) is 49.1 Å². The average Bonchev–Trinajstić information content (AvgIpc) is 3.37. The van der Waals surface area contributed by atoms with Gasteiger partial charge in [-0.15, -0.1) is 0 Å². The number of para-hydroxylation sites is 1. The molecule has 0 bridgehead atoms. The summed E-state index contributed by atoms with van der Waals surface area (Å²) < 4.78 is 41.1. The van der Waals surface area contributed by atoms with Crippen LogP contribution in [0.1, 0.15) is 18.4 Å². The Hall–Kier alpha value is -2.95. The van der Waals surface area contributed by atoms with E-state index < -0.39 is 11.7 Å². The number of H-pyrrole nitrogens is 1. The molecule has 0 amide bonds. The fourth-order valence-corrected chi connectivity index (χ4v) is 8.91. The van der Waals surface area contributed by atoms with Crippen molar-refractivity contribution in [1.82, 2.24) is 25.3 Å². The number of aromatic amines is 1. The molecule has 0 saturated carbocycles. The molecule has 2 N–H and O–H groups in total. The van der Waals surface area contributed by atoms with Gasteiger partial charge < -0.3 is 0 Å². The molecule has 0 spiro atoms. The van der Waals surface area contributed by atoms with Crippen molar-refractivity contribution in [1.29, 1.82) is 0 Å². The van der Waals surface area contributed by atoms with Crippen LogP contribution in [0.5, 0.6) is 0 Å². The van der Waals surface area contributed by atoms with E-state index >= 15 is 0 Å². The molecule has 1 radical (unpaired) electrons. The van der Waals surface area contributed by atoms with Crippen LogP contribution >= 0.6 is 11.3 Å². The number of hydrogen-bond acceptors (Lipinski definition) is 8. The van der Waals surface area contributed by atoms with Gasteiger partial charge in [0, 0.05) is 0 Å². The number of halogens is 3. The zero-order valence-electron chi connectivity index (χ0n) is 20.9. The molecular formula is C26H26AsF3N7OS. The van der Waals surface area contributed by atoms with Gasteiger partial charge in [-0.1, -0.05) is 0 Å². The first-order chi connectivity index (χ1) is 18.8. The quantitative estimate of drug-likeness (QED) is 0.333. The standard InChI is InChI=1S/C26H26AsF3N7OS/c28-26(29,30)16-7-8-20(32-14-16)36-10-12-37(13-11-36)25-34-22(27-17-4-3-9-31-15-17)21(23(38)35-25)24-33-18-5-1-2-6-19(18)39-24/h1-2,5-8,14,17,31H,3-4,9-13,15H2,(H,34,35,38)/t17-/m1/s1. The number of nitrogens with zero attached hydrogens (tertiary/aromatic N) is 5. The van der Waals surface area contributed by atoms with Gasteiger partial charge in [0.25, 0.3) is 0 Å². The maximum atomic E-state index is 13.6. The zero-order valence-corrected chi connectivity index (χ0v) is 23.6. The topological polar surface area (TPSA) is 90.0 Å². The number of rotatable bonds is 5. The number of piperidine rings is 1. The maximum absolute atomic E-state index is 13.6. The van der Waals surface area contributed by atoms with Crippen molar-refractivity contribution in [3.8, 4) is 10.6 Å². The Kier molecular flexibility index (Phi) is 7.35. The summed E-state index contributed by atoms with van der Waals surface area (Å²) >= 11 is 1.14. The molecule has 2 aliphatic heterocycles. The van der Waals surface area contributed by atoms with Crippen molar-refractivity contribution in [3.63, 3.8) is 0 Å². The van der Waals surface area contributed by atoms with Crippen LogP contribution in [0, 0.1) is 0 Å². The number of alkyl halides is 3. The number of nitrogens with one attached hydrogen (secondary N) is 2. The molecule has 5 heterocycles. The molecule has 1 atom stereocenters. The van der Waals surface area contributed by atoms with Crippen LogP contribution in [0.2, 0.25) is 4.71 Å². The van der Waals surface area contributed by atoms with Gasteiger partial charge in [-0.05, 0) is 0 Å². The number of pyridine rings is 1. The van der Waals surface area contributed by atoms with E-state index in [4.69, 9.17) is 9.97 Å². The first kappa shape index (κ1) is 26.3. The Balaban J connectivity index is 1.26. The van der Waals surface area contributed by atoms with Gasteiger partial charge in [0.05, 0.1) is 0 Å². The first-order valence-corrected chi connectivity index (χ1v) is 15.6. The van der Waals surface area contributed by atoms with Gasteiger partial charge in [0.1, 0.15) is 0 Å². The summed E-state index contributed by atoms with van der Waals surface area (Å²) in [5.74, 6) is 1.05. The third kappa shape index (κ3) is 5.69. The van der Waals surface area contributed by atoms with E-state index in [0.29, 0.717) is 53.2 Å². The van der Waals surface area contributed by atoms with Crippen LogP contribution in [0.15, 0.2) is 47.4 Å². The van der Waals surface area contributed by atoms with Gasteiger partial charge in [-0.2, -0.15) is 13.2 Å². The number of piperazine rings is 1. The molecule has 203 valence electrons. The predicted molar refractivity (Wildman–Crippen MR) is 148 cm³/mol. The molecule has 2 fully saturated rings. The van der Waals surface area contributed by atoms with E-state index in [1.807, 2.05) is 34.1 Å². The molecular weight excluding hydrogens is 590 g/mol. The second kappa shape index (κ2) is 10.9. The Morgan fingerprint density at radius 1 is 1.03 bits per heavy atom. The molecule has 0 aliphatic carbocycles. The molecule has 2 aliphatic rings. The molecule has 4 aromatic rings. The fraction of sp³-hybridized carbons (Fsp3) is 0.385. The Bertz CT molecular complexity index is 1480. The minimum absolute atomic E-state index is 0.181. The third-order valence-electron chi connectivity index (χ3n) is 6.95. The van der Waals surface area contributed by atoms with Gasteiger partial charge in [-0.3, -0.25) is 0 Å². The Morgan fingerprint density at radius 3 is 2.51 bits per heavy atom.